The molecule has 0 aliphatic rings. The smallest absolute Gasteiger partial charge is 0.323 e. The molecule has 6 nitrogen and oxygen atoms in total. The van der Waals surface area contributed by atoms with E-state index in [1.807, 2.05) is 31.2 Å². The van der Waals surface area contributed by atoms with Gasteiger partial charge in [-0.1, -0.05) is 0 Å². The van der Waals surface area contributed by atoms with Crippen molar-refractivity contribution in [1.82, 2.24) is 4.90 Å². The third-order valence-corrected chi connectivity index (χ3v) is 3.00. The minimum Gasteiger partial charge on any atom is -0.494 e. The van der Waals surface area contributed by atoms with E-state index in [0.717, 1.165) is 5.75 Å². The fourth-order valence-corrected chi connectivity index (χ4v) is 1.91. The van der Waals surface area contributed by atoms with Crippen LogP contribution < -0.4 is 9.47 Å². The summed E-state index contributed by atoms with van der Waals surface area (Å²) >= 11 is 0. The molecular weight excluding hydrogens is 286 g/mol. The molecule has 0 heterocycles. The predicted octanol–water partition coefficient (Wildman–Crippen LogP) is 2.18. The number of hydrogen-bond donors (Lipinski definition) is 1. The topological polar surface area (TPSA) is 76.1 Å². The first kappa shape index (κ1) is 17.8. The summed E-state index contributed by atoms with van der Waals surface area (Å²) in [4.78, 5) is 23.8. The van der Waals surface area contributed by atoms with Crippen LogP contribution >= 0.6 is 0 Å². The molecule has 1 rings (SSSR count). The molecule has 0 aromatic heterocycles. The van der Waals surface area contributed by atoms with Crippen molar-refractivity contribution in [3.8, 4) is 11.5 Å². The molecule has 1 amide bonds. The third-order valence-electron chi connectivity index (χ3n) is 3.00. The quantitative estimate of drug-likeness (QED) is 0.670. The van der Waals surface area contributed by atoms with E-state index in [-0.39, 0.29) is 18.9 Å². The summed E-state index contributed by atoms with van der Waals surface area (Å²) < 4.78 is 10.9. The van der Waals surface area contributed by atoms with Gasteiger partial charge in [-0.2, -0.15) is 0 Å². The van der Waals surface area contributed by atoms with E-state index in [1.165, 1.54) is 4.90 Å². The van der Waals surface area contributed by atoms with Gasteiger partial charge >= 0.3 is 5.97 Å². The first-order chi connectivity index (χ1) is 10.6. The molecule has 0 aliphatic heterocycles. The fourth-order valence-electron chi connectivity index (χ4n) is 1.91. The molecule has 6 heteroatoms. The van der Waals surface area contributed by atoms with Crippen molar-refractivity contribution < 1.29 is 24.2 Å². The van der Waals surface area contributed by atoms with Gasteiger partial charge in [0.1, 0.15) is 18.0 Å². The fraction of sp³-hybridized carbons (Fsp3) is 0.500. The molecule has 0 unspecified atom stereocenters. The summed E-state index contributed by atoms with van der Waals surface area (Å²) in [5, 5.41) is 8.72. The Morgan fingerprint density at radius 1 is 1.09 bits per heavy atom. The third kappa shape index (κ3) is 6.47. The van der Waals surface area contributed by atoms with Gasteiger partial charge in [0.25, 0.3) is 0 Å². The van der Waals surface area contributed by atoms with E-state index in [2.05, 4.69) is 0 Å². The Balaban J connectivity index is 2.29. The van der Waals surface area contributed by atoms with Gasteiger partial charge in [-0.3, -0.25) is 9.59 Å². The molecular formula is C16H23NO5. The van der Waals surface area contributed by atoms with Crippen LogP contribution in [0.2, 0.25) is 0 Å². The number of carbonyl (C=O) groups is 2. The number of carboxylic acids is 1. The van der Waals surface area contributed by atoms with Crippen molar-refractivity contribution in [2.24, 2.45) is 0 Å². The maximum Gasteiger partial charge on any atom is 0.323 e. The average Bonchev–Trinajstić information content (AvgIpc) is 2.50. The van der Waals surface area contributed by atoms with E-state index < -0.39 is 5.97 Å². The van der Waals surface area contributed by atoms with E-state index >= 15 is 0 Å². The van der Waals surface area contributed by atoms with Crippen LogP contribution in [-0.2, 0) is 9.59 Å². The summed E-state index contributed by atoms with van der Waals surface area (Å²) in [5.41, 5.74) is 0. The molecule has 0 bridgehead atoms. The number of carbonyl (C=O) groups excluding carboxylic acids is 1. The van der Waals surface area contributed by atoms with E-state index in [4.69, 9.17) is 14.6 Å². The molecule has 122 valence electrons. The zero-order valence-corrected chi connectivity index (χ0v) is 13.1. The monoisotopic (exact) mass is 309 g/mol. The van der Waals surface area contributed by atoms with Crippen LogP contribution in [0.4, 0.5) is 0 Å². The Hall–Kier alpha value is -2.24. The molecule has 0 radical (unpaired) electrons. The molecule has 1 aromatic rings. The van der Waals surface area contributed by atoms with Crippen LogP contribution in [0.25, 0.3) is 0 Å². The van der Waals surface area contributed by atoms with Crippen molar-refractivity contribution in [3.05, 3.63) is 24.3 Å². The number of nitrogens with zero attached hydrogens (tertiary/aromatic N) is 1. The van der Waals surface area contributed by atoms with Crippen LogP contribution in [0, 0.1) is 0 Å². The van der Waals surface area contributed by atoms with Gasteiger partial charge < -0.3 is 19.5 Å². The molecule has 0 spiro atoms. The Bertz CT molecular complexity index is 472. The maximum atomic E-state index is 11.8. The molecule has 0 saturated carbocycles. The second-order valence-electron chi connectivity index (χ2n) is 4.66. The van der Waals surface area contributed by atoms with Gasteiger partial charge in [-0.05, 0) is 44.5 Å². The van der Waals surface area contributed by atoms with Gasteiger partial charge in [-0.25, -0.2) is 0 Å². The van der Waals surface area contributed by atoms with Gasteiger partial charge in [-0.15, -0.1) is 0 Å². The second kappa shape index (κ2) is 9.65. The zero-order valence-electron chi connectivity index (χ0n) is 13.1. The minimum atomic E-state index is -0.999. The molecule has 22 heavy (non-hydrogen) atoms. The SMILES string of the molecule is CCOc1ccc(OCCCC(=O)N(CC)CC(=O)O)cc1. The highest BCUT2D eigenvalue weighted by Gasteiger charge is 2.14. The highest BCUT2D eigenvalue weighted by atomic mass is 16.5. The van der Waals surface area contributed by atoms with Gasteiger partial charge in [0, 0.05) is 13.0 Å². The number of aliphatic carboxylic acids is 1. The lowest BCUT2D eigenvalue weighted by Gasteiger charge is -2.18. The summed E-state index contributed by atoms with van der Waals surface area (Å²) in [5.74, 6) is 0.340. The van der Waals surface area contributed by atoms with Gasteiger partial charge in [0.2, 0.25) is 5.91 Å². The Kier molecular flexibility index (Phi) is 7.81. The summed E-state index contributed by atoms with van der Waals surface area (Å²) in [7, 11) is 0. The lowest BCUT2D eigenvalue weighted by molar-refractivity contribution is -0.144. The van der Waals surface area contributed by atoms with Crippen LogP contribution in [0.15, 0.2) is 24.3 Å². The molecule has 0 aliphatic carbocycles. The normalized spacial score (nSPS) is 10.1. The first-order valence-electron chi connectivity index (χ1n) is 7.42. The number of hydrogen-bond acceptors (Lipinski definition) is 4. The standard InChI is InChI=1S/C16H23NO5/c1-3-17(12-16(19)20)15(18)6-5-11-22-14-9-7-13(8-10-14)21-4-2/h7-10H,3-6,11-12H2,1-2H3,(H,19,20). The number of likely N-dealkylation sites (N-methyl/N-ethyl adjacent to an activating group) is 1. The van der Waals surface area contributed by atoms with E-state index in [9.17, 15) is 9.59 Å². The number of amides is 1. The largest absolute Gasteiger partial charge is 0.494 e. The Morgan fingerprint density at radius 2 is 1.68 bits per heavy atom. The summed E-state index contributed by atoms with van der Waals surface area (Å²) in [6, 6.07) is 7.29. The molecule has 1 aromatic carbocycles. The van der Waals surface area contributed by atoms with E-state index in [0.29, 0.717) is 31.9 Å². The molecule has 0 atom stereocenters. The number of ether oxygens (including phenoxy) is 2. The van der Waals surface area contributed by atoms with Crippen LogP contribution in [-0.4, -0.2) is 48.2 Å². The number of carboxylic acid groups (broad SMARTS) is 1. The Labute approximate surface area is 130 Å². The average molecular weight is 309 g/mol. The van der Waals surface area contributed by atoms with Crippen molar-refractivity contribution in [2.75, 3.05) is 26.3 Å². The van der Waals surface area contributed by atoms with Crippen molar-refractivity contribution in [1.29, 1.82) is 0 Å². The summed E-state index contributed by atoms with van der Waals surface area (Å²) in [6.07, 6.45) is 0.820. The highest BCUT2D eigenvalue weighted by Crippen LogP contribution is 2.17. The number of rotatable bonds is 10. The van der Waals surface area contributed by atoms with Crippen molar-refractivity contribution in [3.63, 3.8) is 0 Å². The predicted molar refractivity (Wildman–Crippen MR) is 82.2 cm³/mol. The second-order valence-corrected chi connectivity index (χ2v) is 4.66. The number of benzene rings is 1. The van der Waals surface area contributed by atoms with Crippen molar-refractivity contribution >= 4 is 11.9 Å². The van der Waals surface area contributed by atoms with Crippen LogP contribution in [0.3, 0.4) is 0 Å². The molecule has 1 N–H and O–H groups in total. The first-order valence-corrected chi connectivity index (χ1v) is 7.42. The van der Waals surface area contributed by atoms with E-state index in [1.54, 1.807) is 6.92 Å². The van der Waals surface area contributed by atoms with Gasteiger partial charge in [0.05, 0.1) is 13.2 Å². The zero-order chi connectivity index (χ0) is 16.4. The van der Waals surface area contributed by atoms with Crippen LogP contribution in [0.5, 0.6) is 11.5 Å². The summed E-state index contributed by atoms with van der Waals surface area (Å²) in [6.45, 7) is 4.85. The lowest BCUT2D eigenvalue weighted by atomic mass is 10.2. The van der Waals surface area contributed by atoms with Crippen LogP contribution in [0.1, 0.15) is 26.7 Å². The Morgan fingerprint density at radius 3 is 2.18 bits per heavy atom. The maximum absolute atomic E-state index is 11.8. The molecule has 0 fully saturated rings. The van der Waals surface area contributed by atoms with Crippen molar-refractivity contribution in [2.45, 2.75) is 26.7 Å². The highest BCUT2D eigenvalue weighted by molar-refractivity contribution is 5.81. The lowest BCUT2D eigenvalue weighted by Crippen LogP contribution is -2.35. The molecule has 0 saturated heterocycles. The van der Waals surface area contributed by atoms with Gasteiger partial charge in [0.15, 0.2) is 0 Å². The minimum absolute atomic E-state index is 0.166.